The number of nitrogens with one attached hydrogen (secondary N) is 1. The van der Waals surface area contributed by atoms with E-state index in [0.717, 1.165) is 4.47 Å². The van der Waals surface area contributed by atoms with Crippen LogP contribution in [0.4, 0.5) is 13.2 Å². The Balaban J connectivity index is 1.93. The Morgan fingerprint density at radius 2 is 1.82 bits per heavy atom. The number of alkyl halides is 3. The average Bonchev–Trinajstić information content (AvgIpc) is 2.44. The van der Waals surface area contributed by atoms with Crippen molar-refractivity contribution >= 4 is 21.8 Å². The van der Waals surface area contributed by atoms with E-state index in [-0.39, 0.29) is 18.2 Å². The maximum atomic E-state index is 12.0. The van der Waals surface area contributed by atoms with Crippen LogP contribution in [0.2, 0.25) is 0 Å². The number of amides is 1. The van der Waals surface area contributed by atoms with E-state index in [1.807, 2.05) is 0 Å². The van der Waals surface area contributed by atoms with E-state index in [9.17, 15) is 18.0 Å². The van der Waals surface area contributed by atoms with Crippen molar-refractivity contribution in [3.63, 3.8) is 0 Å². The summed E-state index contributed by atoms with van der Waals surface area (Å²) in [4.78, 5) is 11.9. The molecule has 0 fully saturated rings. The molecule has 2 rings (SSSR count). The van der Waals surface area contributed by atoms with Crippen molar-refractivity contribution in [1.82, 2.24) is 5.32 Å². The van der Waals surface area contributed by atoms with Gasteiger partial charge in [-0.2, -0.15) is 0 Å². The fourth-order valence-corrected chi connectivity index (χ4v) is 2.12. The summed E-state index contributed by atoms with van der Waals surface area (Å²) in [5, 5.41) is 2.69. The molecule has 22 heavy (non-hydrogen) atoms. The summed E-state index contributed by atoms with van der Waals surface area (Å²) >= 11 is 3.27. The number of benzene rings is 2. The minimum atomic E-state index is -4.71. The SMILES string of the molecule is O=C(NCc1ccc(OC(F)(F)F)cc1)c1cccc(Br)c1. The van der Waals surface area contributed by atoms with Gasteiger partial charge in [0.15, 0.2) is 0 Å². The Kier molecular flexibility index (Phi) is 5.07. The van der Waals surface area contributed by atoms with E-state index in [2.05, 4.69) is 26.0 Å². The van der Waals surface area contributed by atoms with Gasteiger partial charge in [0, 0.05) is 16.6 Å². The first-order chi connectivity index (χ1) is 10.3. The third-order valence-electron chi connectivity index (χ3n) is 2.70. The molecule has 0 unspecified atom stereocenters. The first kappa shape index (κ1) is 16.4. The molecule has 3 nitrogen and oxygen atoms in total. The van der Waals surface area contributed by atoms with Crippen molar-refractivity contribution in [2.24, 2.45) is 0 Å². The molecule has 2 aromatic rings. The number of carbonyl (C=O) groups is 1. The molecule has 0 heterocycles. The smallest absolute Gasteiger partial charge is 0.406 e. The molecule has 0 bridgehead atoms. The molecule has 0 aliphatic carbocycles. The number of carbonyl (C=O) groups excluding carboxylic acids is 1. The molecule has 1 N–H and O–H groups in total. The van der Waals surface area contributed by atoms with Crippen molar-refractivity contribution in [1.29, 1.82) is 0 Å². The van der Waals surface area contributed by atoms with E-state index in [1.165, 1.54) is 24.3 Å². The Morgan fingerprint density at radius 3 is 2.41 bits per heavy atom. The number of hydrogen-bond acceptors (Lipinski definition) is 2. The molecular weight excluding hydrogens is 363 g/mol. The molecule has 0 aliphatic rings. The van der Waals surface area contributed by atoms with Crippen molar-refractivity contribution in [2.75, 3.05) is 0 Å². The van der Waals surface area contributed by atoms with Crippen LogP contribution in [-0.4, -0.2) is 12.3 Å². The van der Waals surface area contributed by atoms with Gasteiger partial charge < -0.3 is 10.1 Å². The van der Waals surface area contributed by atoms with Gasteiger partial charge in [-0.3, -0.25) is 4.79 Å². The molecule has 0 aliphatic heterocycles. The van der Waals surface area contributed by atoms with Gasteiger partial charge in [0.2, 0.25) is 0 Å². The Hall–Kier alpha value is -2.02. The molecule has 1 amide bonds. The monoisotopic (exact) mass is 373 g/mol. The third-order valence-corrected chi connectivity index (χ3v) is 3.19. The van der Waals surface area contributed by atoms with Gasteiger partial charge in [-0.05, 0) is 35.9 Å². The Bertz CT molecular complexity index is 657. The second-order valence-corrected chi connectivity index (χ2v) is 5.30. The number of rotatable bonds is 4. The minimum Gasteiger partial charge on any atom is -0.406 e. The highest BCUT2D eigenvalue weighted by Crippen LogP contribution is 2.22. The lowest BCUT2D eigenvalue weighted by Crippen LogP contribution is -2.22. The van der Waals surface area contributed by atoms with E-state index in [1.54, 1.807) is 24.3 Å². The topological polar surface area (TPSA) is 38.3 Å². The highest BCUT2D eigenvalue weighted by molar-refractivity contribution is 9.10. The van der Waals surface area contributed by atoms with Gasteiger partial charge in [-0.15, -0.1) is 13.2 Å². The summed E-state index contributed by atoms with van der Waals surface area (Å²) in [7, 11) is 0. The molecule has 0 spiro atoms. The van der Waals surface area contributed by atoms with E-state index in [0.29, 0.717) is 11.1 Å². The zero-order chi connectivity index (χ0) is 16.2. The van der Waals surface area contributed by atoms with Crippen LogP contribution < -0.4 is 10.1 Å². The van der Waals surface area contributed by atoms with E-state index in [4.69, 9.17) is 0 Å². The van der Waals surface area contributed by atoms with Crippen LogP contribution in [0.25, 0.3) is 0 Å². The highest BCUT2D eigenvalue weighted by atomic mass is 79.9. The third kappa shape index (κ3) is 5.07. The Morgan fingerprint density at radius 1 is 1.14 bits per heavy atom. The van der Waals surface area contributed by atoms with Gasteiger partial charge in [0.1, 0.15) is 5.75 Å². The molecule has 116 valence electrons. The van der Waals surface area contributed by atoms with Crippen LogP contribution in [0.1, 0.15) is 15.9 Å². The summed E-state index contributed by atoms with van der Waals surface area (Å²) in [6.45, 7) is 0.206. The predicted octanol–water partition coefficient (Wildman–Crippen LogP) is 4.28. The summed E-state index contributed by atoms with van der Waals surface area (Å²) in [6, 6.07) is 12.2. The summed E-state index contributed by atoms with van der Waals surface area (Å²) < 4.78 is 40.7. The van der Waals surface area contributed by atoms with E-state index >= 15 is 0 Å². The number of ether oxygens (including phenoxy) is 1. The standard InChI is InChI=1S/C15H11BrF3NO2/c16-12-3-1-2-11(8-12)14(21)20-9-10-4-6-13(7-5-10)22-15(17,18)19/h1-8H,9H2,(H,20,21). The molecule has 0 aromatic heterocycles. The first-order valence-electron chi connectivity index (χ1n) is 6.22. The summed E-state index contributed by atoms with van der Waals surface area (Å²) in [5.74, 6) is -0.563. The van der Waals surface area contributed by atoms with Crippen LogP contribution in [0.5, 0.6) is 5.75 Å². The van der Waals surface area contributed by atoms with Crippen molar-refractivity contribution in [2.45, 2.75) is 12.9 Å². The summed E-state index contributed by atoms with van der Waals surface area (Å²) in [5.41, 5.74) is 1.16. The maximum Gasteiger partial charge on any atom is 0.573 e. The largest absolute Gasteiger partial charge is 0.573 e. The Labute approximate surface area is 133 Å². The van der Waals surface area contributed by atoms with Crippen LogP contribution in [0.15, 0.2) is 53.0 Å². The average molecular weight is 374 g/mol. The van der Waals surface area contributed by atoms with Gasteiger partial charge in [0.25, 0.3) is 5.91 Å². The van der Waals surface area contributed by atoms with Gasteiger partial charge in [-0.25, -0.2) is 0 Å². The van der Waals surface area contributed by atoms with E-state index < -0.39 is 6.36 Å². The van der Waals surface area contributed by atoms with Crippen molar-refractivity contribution in [3.8, 4) is 5.75 Å². The van der Waals surface area contributed by atoms with Crippen molar-refractivity contribution in [3.05, 3.63) is 64.1 Å². The fourth-order valence-electron chi connectivity index (χ4n) is 1.72. The minimum absolute atomic E-state index is 0.206. The highest BCUT2D eigenvalue weighted by Gasteiger charge is 2.30. The van der Waals surface area contributed by atoms with Crippen molar-refractivity contribution < 1.29 is 22.7 Å². The zero-order valence-corrected chi connectivity index (χ0v) is 12.7. The molecule has 0 saturated heterocycles. The van der Waals surface area contributed by atoms with Crippen LogP contribution >= 0.6 is 15.9 Å². The van der Waals surface area contributed by atoms with Gasteiger partial charge >= 0.3 is 6.36 Å². The quantitative estimate of drug-likeness (QED) is 0.868. The van der Waals surface area contributed by atoms with Gasteiger partial charge in [0.05, 0.1) is 0 Å². The molecule has 2 aromatic carbocycles. The number of hydrogen-bond donors (Lipinski definition) is 1. The molecule has 0 saturated carbocycles. The first-order valence-corrected chi connectivity index (χ1v) is 7.01. The lowest BCUT2D eigenvalue weighted by Gasteiger charge is -2.10. The number of halogens is 4. The lowest BCUT2D eigenvalue weighted by molar-refractivity contribution is -0.274. The van der Waals surface area contributed by atoms with Crippen LogP contribution in [0.3, 0.4) is 0 Å². The fraction of sp³-hybridized carbons (Fsp3) is 0.133. The molecule has 7 heteroatoms. The second-order valence-electron chi connectivity index (χ2n) is 4.38. The van der Waals surface area contributed by atoms with Crippen LogP contribution in [-0.2, 0) is 6.54 Å². The lowest BCUT2D eigenvalue weighted by atomic mass is 10.2. The van der Waals surface area contributed by atoms with Crippen LogP contribution in [0, 0.1) is 0 Å². The molecular formula is C15H11BrF3NO2. The summed E-state index contributed by atoms with van der Waals surface area (Å²) in [6.07, 6.45) is -4.71. The maximum absolute atomic E-state index is 12.0. The zero-order valence-electron chi connectivity index (χ0n) is 11.2. The predicted molar refractivity (Wildman–Crippen MR) is 78.4 cm³/mol. The normalized spacial score (nSPS) is 11.1. The molecule has 0 radical (unpaired) electrons. The van der Waals surface area contributed by atoms with Gasteiger partial charge in [-0.1, -0.05) is 34.1 Å². The molecule has 0 atom stereocenters. The second kappa shape index (κ2) is 6.83.